The van der Waals surface area contributed by atoms with Gasteiger partial charge in [0.25, 0.3) is 5.91 Å². The van der Waals surface area contributed by atoms with Crippen LogP contribution in [0.5, 0.6) is 5.75 Å². The van der Waals surface area contributed by atoms with Crippen LogP contribution in [-0.2, 0) is 17.8 Å². The molecule has 0 unspecified atom stereocenters. The summed E-state index contributed by atoms with van der Waals surface area (Å²) >= 11 is 1.81. The topological polar surface area (TPSA) is 80.3 Å². The average molecular weight is 539 g/mol. The standard InChI is InChI=1S/C23H27FIN3O3/c1-23(24,25)10-3-4-16-6-5-15(12-19(16)31-2)14-27-21(29)18-9-11-26-20(13-18)28-22(30)17-7-8-17/h5-6,9,11-13,17H,3-4,7-8,10,14H2,1-2H3,(H,27,29)(H,26,28,30)/t23-/m1/s1. The molecule has 2 amide bonds. The van der Waals surface area contributed by atoms with E-state index in [1.54, 1.807) is 26.2 Å². The van der Waals surface area contributed by atoms with Crippen LogP contribution in [0.25, 0.3) is 0 Å². The molecule has 1 atom stereocenters. The third kappa shape index (κ3) is 7.45. The first-order chi connectivity index (χ1) is 14.7. The van der Waals surface area contributed by atoms with Crippen LogP contribution in [-0.4, -0.2) is 27.6 Å². The molecule has 3 rings (SSSR count). The Labute approximate surface area is 195 Å². The lowest BCUT2D eigenvalue weighted by Gasteiger charge is -2.14. The molecule has 6 nitrogen and oxygen atoms in total. The molecule has 1 aromatic carbocycles. The maximum absolute atomic E-state index is 13.7. The highest BCUT2D eigenvalue weighted by Crippen LogP contribution is 2.30. The van der Waals surface area contributed by atoms with Gasteiger partial charge in [0.2, 0.25) is 5.91 Å². The van der Waals surface area contributed by atoms with Crippen LogP contribution in [0.4, 0.5) is 10.2 Å². The van der Waals surface area contributed by atoms with Crippen LogP contribution in [0.3, 0.4) is 0 Å². The molecule has 1 aliphatic rings. The summed E-state index contributed by atoms with van der Waals surface area (Å²) in [6.45, 7) is 1.90. The van der Waals surface area contributed by atoms with Gasteiger partial charge in [-0.1, -0.05) is 12.1 Å². The zero-order chi connectivity index (χ0) is 22.4. The highest BCUT2D eigenvalue weighted by Gasteiger charge is 2.29. The van der Waals surface area contributed by atoms with Gasteiger partial charge in [-0.2, -0.15) is 0 Å². The van der Waals surface area contributed by atoms with E-state index in [1.807, 2.05) is 40.8 Å². The second-order valence-corrected chi connectivity index (χ2v) is 10.2. The van der Waals surface area contributed by atoms with Crippen molar-refractivity contribution < 1.29 is 18.7 Å². The Morgan fingerprint density at radius 2 is 2.06 bits per heavy atom. The summed E-state index contributed by atoms with van der Waals surface area (Å²) < 4.78 is 17.9. The van der Waals surface area contributed by atoms with E-state index in [1.165, 1.54) is 6.20 Å². The number of pyridine rings is 1. The van der Waals surface area contributed by atoms with Crippen molar-refractivity contribution in [1.82, 2.24) is 10.3 Å². The van der Waals surface area contributed by atoms with Crippen molar-refractivity contribution >= 4 is 40.2 Å². The number of benzene rings is 1. The molecule has 2 N–H and O–H groups in total. The lowest BCUT2D eigenvalue weighted by atomic mass is 10.0. The number of carbonyl (C=O) groups excluding carboxylic acids is 2. The van der Waals surface area contributed by atoms with E-state index >= 15 is 0 Å². The van der Waals surface area contributed by atoms with Gasteiger partial charge in [-0.05, 0) is 90.9 Å². The number of aromatic nitrogens is 1. The van der Waals surface area contributed by atoms with Crippen LogP contribution in [0, 0.1) is 5.92 Å². The molecule has 1 fully saturated rings. The van der Waals surface area contributed by atoms with Gasteiger partial charge in [0.1, 0.15) is 11.6 Å². The van der Waals surface area contributed by atoms with Crippen LogP contribution >= 0.6 is 22.6 Å². The fourth-order valence-corrected chi connectivity index (χ4v) is 3.57. The van der Waals surface area contributed by atoms with E-state index in [0.29, 0.717) is 24.3 Å². The van der Waals surface area contributed by atoms with Crippen molar-refractivity contribution in [2.24, 2.45) is 5.92 Å². The van der Waals surface area contributed by atoms with Crippen molar-refractivity contribution in [2.75, 3.05) is 12.4 Å². The highest BCUT2D eigenvalue weighted by atomic mass is 127. The van der Waals surface area contributed by atoms with Crippen LogP contribution in [0.1, 0.15) is 54.1 Å². The minimum Gasteiger partial charge on any atom is -0.496 e. The zero-order valence-corrected chi connectivity index (χ0v) is 19.9. The number of aryl methyl sites for hydroxylation is 1. The summed E-state index contributed by atoms with van der Waals surface area (Å²) in [6, 6.07) is 8.97. The Balaban J connectivity index is 1.56. The first-order valence-electron chi connectivity index (χ1n) is 10.3. The molecule has 166 valence electrons. The lowest BCUT2D eigenvalue weighted by molar-refractivity contribution is -0.117. The predicted octanol–water partition coefficient (Wildman–Crippen LogP) is 4.81. The number of amides is 2. The normalized spacial score (nSPS) is 15.1. The van der Waals surface area contributed by atoms with Crippen molar-refractivity contribution in [3.8, 4) is 5.75 Å². The fourth-order valence-electron chi connectivity index (χ4n) is 3.19. The van der Waals surface area contributed by atoms with Gasteiger partial charge >= 0.3 is 0 Å². The smallest absolute Gasteiger partial charge is 0.251 e. The van der Waals surface area contributed by atoms with Crippen LogP contribution in [0.15, 0.2) is 36.5 Å². The molecular formula is C23H27FIN3O3. The van der Waals surface area contributed by atoms with Gasteiger partial charge in [-0.25, -0.2) is 9.37 Å². The number of methoxy groups -OCH3 is 1. The number of nitrogens with zero attached hydrogens (tertiary/aromatic N) is 1. The Kier molecular flexibility index (Phi) is 7.85. The largest absolute Gasteiger partial charge is 0.496 e. The molecule has 0 radical (unpaired) electrons. The number of nitrogens with one attached hydrogen (secondary N) is 2. The first kappa shape index (κ1) is 23.4. The summed E-state index contributed by atoms with van der Waals surface area (Å²) in [5.41, 5.74) is 2.34. The lowest BCUT2D eigenvalue weighted by Crippen LogP contribution is -2.23. The Bertz CT molecular complexity index is 942. The average Bonchev–Trinajstić information content (AvgIpc) is 3.57. The second kappa shape index (κ2) is 10.4. The molecule has 0 spiro atoms. The Hall–Kier alpha value is -2.23. The monoisotopic (exact) mass is 539 g/mol. The van der Waals surface area contributed by atoms with Crippen molar-refractivity contribution in [1.29, 1.82) is 0 Å². The third-order valence-corrected chi connectivity index (χ3v) is 5.63. The molecule has 31 heavy (non-hydrogen) atoms. The second-order valence-electron chi connectivity index (χ2n) is 7.95. The predicted molar refractivity (Wildman–Crippen MR) is 126 cm³/mol. The SMILES string of the molecule is COc1cc(CNC(=O)c2ccnc(NC(=O)C3CC3)c2)ccc1CCC[C@](C)(F)I. The zero-order valence-electron chi connectivity index (χ0n) is 17.7. The van der Waals surface area contributed by atoms with E-state index in [9.17, 15) is 14.0 Å². The molecule has 1 saturated carbocycles. The summed E-state index contributed by atoms with van der Waals surface area (Å²) in [7, 11) is 1.60. The number of hydrogen-bond acceptors (Lipinski definition) is 4. The quantitative estimate of drug-likeness (QED) is 0.336. The minimum absolute atomic E-state index is 0.0492. The van der Waals surface area contributed by atoms with Gasteiger partial charge in [0.15, 0.2) is 3.68 Å². The van der Waals surface area contributed by atoms with Crippen LogP contribution < -0.4 is 15.4 Å². The van der Waals surface area contributed by atoms with E-state index in [4.69, 9.17) is 4.74 Å². The molecule has 1 aromatic heterocycles. The number of halogens is 2. The minimum atomic E-state index is -1.21. The van der Waals surface area contributed by atoms with E-state index in [-0.39, 0.29) is 17.7 Å². The first-order valence-corrected chi connectivity index (χ1v) is 11.4. The Morgan fingerprint density at radius 1 is 1.29 bits per heavy atom. The van der Waals surface area contributed by atoms with Crippen molar-refractivity contribution in [2.45, 2.75) is 49.2 Å². The van der Waals surface area contributed by atoms with Gasteiger partial charge in [0.05, 0.1) is 7.11 Å². The van der Waals surface area contributed by atoms with Crippen molar-refractivity contribution in [3.05, 3.63) is 53.2 Å². The van der Waals surface area contributed by atoms with E-state index in [0.717, 1.165) is 42.6 Å². The molecule has 0 aliphatic heterocycles. The molecule has 1 heterocycles. The number of anilines is 1. The number of alkyl halides is 2. The van der Waals surface area contributed by atoms with E-state index in [2.05, 4.69) is 15.6 Å². The third-order valence-electron chi connectivity index (χ3n) is 5.09. The number of ether oxygens (including phenoxy) is 1. The maximum atomic E-state index is 13.7. The number of carbonyl (C=O) groups is 2. The van der Waals surface area contributed by atoms with Crippen molar-refractivity contribution in [3.63, 3.8) is 0 Å². The van der Waals surface area contributed by atoms with Crippen LogP contribution in [0.2, 0.25) is 0 Å². The molecule has 8 heteroatoms. The molecular weight excluding hydrogens is 512 g/mol. The molecule has 1 aliphatic carbocycles. The van der Waals surface area contributed by atoms with Gasteiger partial charge < -0.3 is 15.4 Å². The van der Waals surface area contributed by atoms with Gasteiger partial charge in [0, 0.05) is 24.2 Å². The highest BCUT2D eigenvalue weighted by molar-refractivity contribution is 14.1. The Morgan fingerprint density at radius 3 is 2.74 bits per heavy atom. The number of rotatable bonds is 10. The molecule has 0 bridgehead atoms. The maximum Gasteiger partial charge on any atom is 0.251 e. The number of hydrogen-bond donors (Lipinski definition) is 2. The summed E-state index contributed by atoms with van der Waals surface area (Å²) in [5, 5.41) is 5.63. The summed E-state index contributed by atoms with van der Waals surface area (Å²) in [4.78, 5) is 28.5. The summed E-state index contributed by atoms with van der Waals surface area (Å²) in [5.74, 6) is 0.880. The molecule has 2 aromatic rings. The van der Waals surface area contributed by atoms with E-state index < -0.39 is 3.68 Å². The summed E-state index contributed by atoms with van der Waals surface area (Å²) in [6.07, 6.45) is 5.25. The fraction of sp³-hybridized carbons (Fsp3) is 0.435. The van der Waals surface area contributed by atoms with Gasteiger partial charge in [-0.15, -0.1) is 0 Å². The van der Waals surface area contributed by atoms with Gasteiger partial charge in [-0.3, -0.25) is 9.59 Å². The molecule has 0 saturated heterocycles.